The van der Waals surface area contributed by atoms with Gasteiger partial charge in [-0.05, 0) is 51.3 Å². The molecule has 0 aromatic carbocycles. The maximum Gasteiger partial charge on any atom is 0.193 e. The number of aliphatic imine (C=N–C) groups is 1. The van der Waals surface area contributed by atoms with Crippen LogP contribution < -0.4 is 5.32 Å². The molecule has 1 fully saturated rings. The Bertz CT molecular complexity index is 513. The number of aryl methyl sites for hydroxylation is 1. The number of hydrogen-bond donors (Lipinski definition) is 1. The smallest absolute Gasteiger partial charge is 0.193 e. The fourth-order valence-electron chi connectivity index (χ4n) is 2.69. The zero-order valence-electron chi connectivity index (χ0n) is 14.2. The zero-order chi connectivity index (χ0) is 16.0. The molecule has 1 aromatic heterocycles. The van der Waals surface area contributed by atoms with E-state index in [-0.39, 0.29) is 0 Å². The highest BCUT2D eigenvalue weighted by atomic mass is 32.2. The maximum atomic E-state index is 4.84. The third-order valence-corrected chi connectivity index (χ3v) is 5.14. The van der Waals surface area contributed by atoms with E-state index >= 15 is 0 Å². The summed E-state index contributed by atoms with van der Waals surface area (Å²) in [5.74, 6) is 2.23. The van der Waals surface area contributed by atoms with Crippen molar-refractivity contribution in [3.63, 3.8) is 0 Å². The number of nitrogens with one attached hydrogen (secondary N) is 1. The van der Waals surface area contributed by atoms with Crippen LogP contribution in [-0.4, -0.2) is 52.5 Å². The van der Waals surface area contributed by atoms with Crippen molar-refractivity contribution >= 4 is 17.7 Å². The molecule has 2 rings (SSSR count). The van der Waals surface area contributed by atoms with Crippen molar-refractivity contribution in [1.29, 1.82) is 0 Å². The minimum atomic E-state index is 0.302. The van der Waals surface area contributed by atoms with E-state index in [2.05, 4.69) is 60.7 Å². The van der Waals surface area contributed by atoms with E-state index in [9.17, 15) is 0 Å². The fourth-order valence-corrected chi connectivity index (χ4v) is 3.80. The molecule has 0 saturated carbocycles. The van der Waals surface area contributed by atoms with E-state index < -0.39 is 0 Å². The lowest BCUT2D eigenvalue weighted by Gasteiger charge is -2.39. The van der Waals surface area contributed by atoms with Gasteiger partial charge < -0.3 is 10.2 Å². The van der Waals surface area contributed by atoms with Crippen LogP contribution in [0.4, 0.5) is 0 Å². The topological polar surface area (TPSA) is 40.5 Å². The molecule has 1 aliphatic heterocycles. The van der Waals surface area contributed by atoms with E-state index in [1.165, 1.54) is 16.9 Å². The summed E-state index contributed by atoms with van der Waals surface area (Å²) >= 11 is 2.05. The number of aromatic nitrogens is 1. The molecular formula is C17H28N4S. The summed E-state index contributed by atoms with van der Waals surface area (Å²) in [5.41, 5.74) is 2.59. The first-order chi connectivity index (χ1) is 10.5. The molecule has 0 spiro atoms. The number of thioether (sulfide) groups is 1. The summed E-state index contributed by atoms with van der Waals surface area (Å²) in [7, 11) is 0. The van der Waals surface area contributed by atoms with Crippen LogP contribution in [0.1, 0.15) is 31.9 Å². The van der Waals surface area contributed by atoms with Crippen molar-refractivity contribution in [3.8, 4) is 0 Å². The van der Waals surface area contributed by atoms with Gasteiger partial charge in [0.05, 0.1) is 0 Å². The highest BCUT2D eigenvalue weighted by Crippen LogP contribution is 2.29. The molecule has 4 nitrogen and oxygen atoms in total. The van der Waals surface area contributed by atoms with E-state index in [0.717, 1.165) is 38.6 Å². The average Bonchev–Trinajstić information content (AvgIpc) is 2.47. The maximum absolute atomic E-state index is 4.84. The van der Waals surface area contributed by atoms with Gasteiger partial charge in [-0.1, -0.05) is 0 Å². The van der Waals surface area contributed by atoms with Gasteiger partial charge in [0, 0.05) is 49.1 Å². The first-order valence-electron chi connectivity index (χ1n) is 8.08. The molecule has 0 radical (unpaired) electrons. The van der Waals surface area contributed by atoms with Crippen LogP contribution in [0.25, 0.3) is 0 Å². The van der Waals surface area contributed by atoms with Gasteiger partial charge in [-0.3, -0.25) is 9.98 Å². The van der Waals surface area contributed by atoms with Crippen molar-refractivity contribution in [2.45, 2.75) is 38.9 Å². The van der Waals surface area contributed by atoms with Gasteiger partial charge in [0.1, 0.15) is 0 Å². The molecule has 1 aromatic rings. The number of pyridine rings is 1. The molecule has 0 aliphatic carbocycles. The molecule has 22 heavy (non-hydrogen) atoms. The molecule has 1 N–H and O–H groups in total. The predicted molar refractivity (Wildman–Crippen MR) is 96.8 cm³/mol. The molecule has 122 valence electrons. The molecule has 0 bridgehead atoms. The average molecular weight is 321 g/mol. The summed E-state index contributed by atoms with van der Waals surface area (Å²) in [5, 5.41) is 3.45. The summed E-state index contributed by atoms with van der Waals surface area (Å²) in [4.78, 5) is 11.4. The van der Waals surface area contributed by atoms with Gasteiger partial charge in [-0.25, -0.2) is 0 Å². The van der Waals surface area contributed by atoms with Crippen LogP contribution in [0.2, 0.25) is 0 Å². The molecule has 2 heterocycles. The summed E-state index contributed by atoms with van der Waals surface area (Å²) in [6, 6.07) is 2.10. The number of rotatable bonds is 4. The Morgan fingerprint density at radius 1 is 1.50 bits per heavy atom. The van der Waals surface area contributed by atoms with Crippen LogP contribution in [0.15, 0.2) is 23.5 Å². The van der Waals surface area contributed by atoms with E-state index in [1.54, 1.807) is 0 Å². The molecule has 5 heteroatoms. The Morgan fingerprint density at radius 2 is 2.32 bits per heavy atom. The highest BCUT2D eigenvalue weighted by molar-refractivity contribution is 8.00. The van der Waals surface area contributed by atoms with Crippen molar-refractivity contribution in [1.82, 2.24) is 15.2 Å². The molecule has 1 saturated heterocycles. The highest BCUT2D eigenvalue weighted by Gasteiger charge is 2.28. The normalized spacial score (nSPS) is 18.4. The summed E-state index contributed by atoms with van der Waals surface area (Å²) < 4.78 is 0.302. The number of nitrogens with zero attached hydrogens (tertiary/aromatic N) is 3. The van der Waals surface area contributed by atoms with E-state index in [4.69, 9.17) is 4.99 Å². The first-order valence-corrected chi connectivity index (χ1v) is 9.07. The summed E-state index contributed by atoms with van der Waals surface area (Å²) in [6.45, 7) is 12.7. The quantitative estimate of drug-likeness (QED) is 0.684. The van der Waals surface area contributed by atoms with Crippen LogP contribution in [-0.2, 0) is 6.42 Å². The monoisotopic (exact) mass is 320 g/mol. The van der Waals surface area contributed by atoms with Crippen LogP contribution in [0, 0.1) is 6.92 Å². The van der Waals surface area contributed by atoms with Gasteiger partial charge in [0.25, 0.3) is 0 Å². The molecule has 0 atom stereocenters. The van der Waals surface area contributed by atoms with E-state index in [1.807, 2.05) is 12.4 Å². The lowest BCUT2D eigenvalue weighted by molar-refractivity contribution is 0.376. The predicted octanol–water partition coefficient (Wildman–Crippen LogP) is 2.73. The van der Waals surface area contributed by atoms with E-state index in [0.29, 0.717) is 4.75 Å². The Hall–Kier alpha value is -1.23. The van der Waals surface area contributed by atoms with Gasteiger partial charge in [-0.2, -0.15) is 11.8 Å². The van der Waals surface area contributed by atoms with Gasteiger partial charge in [-0.15, -0.1) is 0 Å². The first kappa shape index (κ1) is 17.1. The molecule has 0 unspecified atom stereocenters. The Morgan fingerprint density at radius 3 is 3.00 bits per heavy atom. The summed E-state index contributed by atoms with van der Waals surface area (Å²) in [6.07, 6.45) is 4.76. The van der Waals surface area contributed by atoms with Gasteiger partial charge in [0.15, 0.2) is 5.96 Å². The SMILES string of the molecule is CCNC(=NCCc1ccncc1C)N1CCSC(C)(C)C1. The molecule has 1 aliphatic rings. The molecular weight excluding hydrogens is 292 g/mol. The van der Waals surface area contributed by atoms with Crippen LogP contribution in [0.3, 0.4) is 0 Å². The largest absolute Gasteiger partial charge is 0.357 e. The second kappa shape index (κ2) is 7.86. The lowest BCUT2D eigenvalue weighted by atomic mass is 10.1. The number of guanidine groups is 1. The van der Waals surface area contributed by atoms with Crippen molar-refractivity contribution in [2.24, 2.45) is 4.99 Å². The minimum Gasteiger partial charge on any atom is -0.357 e. The lowest BCUT2D eigenvalue weighted by Crippen LogP contribution is -2.51. The Balaban J connectivity index is 1.99. The third-order valence-electron chi connectivity index (χ3n) is 3.84. The fraction of sp³-hybridized carbons (Fsp3) is 0.647. The standard InChI is InChI=1S/C17H28N4S/c1-5-19-16(21-10-11-22-17(3,4)13-21)20-9-7-15-6-8-18-12-14(15)2/h6,8,12H,5,7,9-11,13H2,1-4H3,(H,19,20). The van der Waals surface area contributed by atoms with Crippen LogP contribution >= 0.6 is 11.8 Å². The Kier molecular flexibility index (Phi) is 6.12. The second-order valence-electron chi connectivity index (χ2n) is 6.32. The molecule has 0 amide bonds. The zero-order valence-corrected chi connectivity index (χ0v) is 15.0. The van der Waals surface area contributed by atoms with Crippen molar-refractivity contribution in [2.75, 3.05) is 31.9 Å². The van der Waals surface area contributed by atoms with Gasteiger partial charge >= 0.3 is 0 Å². The number of hydrogen-bond acceptors (Lipinski definition) is 3. The minimum absolute atomic E-state index is 0.302. The Labute approximate surface area is 138 Å². The van der Waals surface area contributed by atoms with Crippen LogP contribution in [0.5, 0.6) is 0 Å². The van der Waals surface area contributed by atoms with Crippen molar-refractivity contribution < 1.29 is 0 Å². The van der Waals surface area contributed by atoms with Crippen molar-refractivity contribution in [3.05, 3.63) is 29.6 Å². The third kappa shape index (κ3) is 4.90. The van der Waals surface area contributed by atoms with Gasteiger partial charge in [0.2, 0.25) is 0 Å². The second-order valence-corrected chi connectivity index (χ2v) is 8.12.